The lowest BCUT2D eigenvalue weighted by molar-refractivity contribution is -0.118. The summed E-state index contributed by atoms with van der Waals surface area (Å²) >= 11 is 0. The Hall–Kier alpha value is -4.14. The van der Waals surface area contributed by atoms with E-state index in [0.717, 1.165) is 22.3 Å². The number of carbonyl (C=O) groups is 3. The van der Waals surface area contributed by atoms with E-state index in [-0.39, 0.29) is 36.2 Å². The molecule has 1 aliphatic carbocycles. The number of benzene rings is 2. The standard InChI is InChI=1S/C25H24N4O5/c1-15(12-22(30)28-10-11-29-23(28)20(13-26-29)24(31)32)27-25(33)34-14-21-18-8-4-2-6-16(18)17-7-3-5-9-19(17)21/h2-9,13,15,21H,10-12,14H2,1H3,(H,27,33)(H,31,32). The molecule has 2 N–H and O–H groups in total. The third kappa shape index (κ3) is 3.79. The fourth-order valence-corrected chi connectivity index (χ4v) is 4.79. The van der Waals surface area contributed by atoms with Crippen LogP contribution in [0.2, 0.25) is 0 Å². The molecule has 2 aliphatic rings. The number of amides is 2. The maximum Gasteiger partial charge on any atom is 0.407 e. The topological polar surface area (TPSA) is 114 Å². The van der Waals surface area contributed by atoms with Crippen molar-refractivity contribution in [3.05, 3.63) is 71.4 Å². The molecular formula is C25H24N4O5. The Morgan fingerprint density at radius 2 is 1.74 bits per heavy atom. The highest BCUT2D eigenvalue weighted by Crippen LogP contribution is 2.44. The minimum absolute atomic E-state index is 0.00837. The Morgan fingerprint density at radius 1 is 1.09 bits per heavy atom. The summed E-state index contributed by atoms with van der Waals surface area (Å²) in [6.07, 6.45) is 0.657. The van der Waals surface area contributed by atoms with Crippen molar-refractivity contribution >= 4 is 23.8 Å². The highest BCUT2D eigenvalue weighted by molar-refractivity contribution is 6.01. The normalized spacial score (nSPS) is 14.8. The lowest BCUT2D eigenvalue weighted by Crippen LogP contribution is -2.39. The quantitative estimate of drug-likeness (QED) is 0.584. The number of alkyl carbamates (subject to hydrolysis) is 1. The van der Waals surface area contributed by atoms with Crippen LogP contribution < -0.4 is 10.2 Å². The highest BCUT2D eigenvalue weighted by Gasteiger charge is 2.32. The average molecular weight is 460 g/mol. The number of aromatic nitrogens is 2. The lowest BCUT2D eigenvalue weighted by atomic mass is 9.98. The van der Waals surface area contributed by atoms with Crippen LogP contribution in [0, 0.1) is 0 Å². The summed E-state index contributed by atoms with van der Waals surface area (Å²) < 4.78 is 7.05. The van der Waals surface area contributed by atoms with Crippen LogP contribution in [0.15, 0.2) is 54.7 Å². The highest BCUT2D eigenvalue weighted by atomic mass is 16.5. The number of hydrogen-bond acceptors (Lipinski definition) is 5. The number of carbonyl (C=O) groups excluding carboxylic acids is 2. The number of ether oxygens (including phenoxy) is 1. The number of anilines is 1. The summed E-state index contributed by atoms with van der Waals surface area (Å²) in [5.41, 5.74) is 4.54. The fraction of sp³-hybridized carbons (Fsp3) is 0.280. The van der Waals surface area contributed by atoms with Crippen LogP contribution in [0.25, 0.3) is 11.1 Å². The van der Waals surface area contributed by atoms with E-state index in [1.54, 1.807) is 6.92 Å². The molecule has 0 saturated carbocycles. The second-order valence-electron chi connectivity index (χ2n) is 8.53. The molecule has 3 aromatic rings. The molecule has 5 rings (SSSR count). The van der Waals surface area contributed by atoms with E-state index in [1.807, 2.05) is 24.3 Å². The summed E-state index contributed by atoms with van der Waals surface area (Å²) in [6, 6.07) is 15.7. The molecule has 0 bridgehead atoms. The summed E-state index contributed by atoms with van der Waals surface area (Å²) in [5, 5.41) is 16.1. The van der Waals surface area contributed by atoms with Gasteiger partial charge < -0.3 is 15.2 Å². The maximum atomic E-state index is 12.8. The number of carboxylic acid groups (broad SMARTS) is 1. The van der Waals surface area contributed by atoms with Gasteiger partial charge in [-0.2, -0.15) is 5.10 Å². The Balaban J connectivity index is 1.19. The number of hydrogen-bond donors (Lipinski definition) is 2. The molecule has 1 aliphatic heterocycles. The van der Waals surface area contributed by atoms with E-state index >= 15 is 0 Å². The number of nitrogens with zero attached hydrogens (tertiary/aromatic N) is 3. The SMILES string of the molecule is CC(CC(=O)N1CCn2ncc(C(=O)O)c21)NC(=O)OCC1c2ccccc2-c2ccccc21. The van der Waals surface area contributed by atoms with Crippen molar-refractivity contribution in [1.82, 2.24) is 15.1 Å². The largest absolute Gasteiger partial charge is 0.477 e. The summed E-state index contributed by atoms with van der Waals surface area (Å²) in [4.78, 5) is 38.1. The number of rotatable bonds is 6. The number of aromatic carboxylic acids is 1. The Labute approximate surface area is 195 Å². The molecule has 0 radical (unpaired) electrons. The van der Waals surface area contributed by atoms with Crippen LogP contribution in [0.4, 0.5) is 10.6 Å². The average Bonchev–Trinajstić information content (AvgIpc) is 3.49. The van der Waals surface area contributed by atoms with Crippen molar-refractivity contribution in [2.45, 2.75) is 31.8 Å². The first-order valence-electron chi connectivity index (χ1n) is 11.1. The van der Waals surface area contributed by atoms with Crippen LogP contribution in [-0.4, -0.2) is 52.1 Å². The first-order chi connectivity index (χ1) is 16.4. The Bertz CT molecular complexity index is 1240. The van der Waals surface area contributed by atoms with Gasteiger partial charge in [-0.3, -0.25) is 9.69 Å². The molecule has 34 heavy (non-hydrogen) atoms. The van der Waals surface area contributed by atoms with Gasteiger partial charge in [-0.05, 0) is 29.2 Å². The van der Waals surface area contributed by atoms with Crippen molar-refractivity contribution in [3.63, 3.8) is 0 Å². The van der Waals surface area contributed by atoms with E-state index in [0.29, 0.717) is 13.1 Å². The van der Waals surface area contributed by atoms with Gasteiger partial charge in [0.1, 0.15) is 18.0 Å². The van der Waals surface area contributed by atoms with Crippen molar-refractivity contribution in [2.24, 2.45) is 0 Å². The zero-order valence-corrected chi connectivity index (χ0v) is 18.6. The van der Waals surface area contributed by atoms with E-state index in [9.17, 15) is 19.5 Å². The molecule has 2 amide bonds. The third-order valence-corrected chi connectivity index (χ3v) is 6.32. The maximum absolute atomic E-state index is 12.8. The minimum atomic E-state index is -1.13. The molecule has 1 atom stereocenters. The van der Waals surface area contributed by atoms with E-state index in [2.05, 4.69) is 34.7 Å². The lowest BCUT2D eigenvalue weighted by Gasteiger charge is -2.20. The molecule has 174 valence electrons. The van der Waals surface area contributed by atoms with E-state index in [1.165, 1.54) is 15.8 Å². The Kier molecular flexibility index (Phi) is 5.53. The van der Waals surface area contributed by atoms with E-state index < -0.39 is 18.1 Å². The summed E-state index contributed by atoms with van der Waals surface area (Å²) in [7, 11) is 0. The van der Waals surface area contributed by atoms with Gasteiger partial charge in [0.15, 0.2) is 0 Å². The number of fused-ring (bicyclic) bond motifs is 4. The van der Waals surface area contributed by atoms with Gasteiger partial charge >= 0.3 is 12.1 Å². The first-order valence-corrected chi connectivity index (χ1v) is 11.1. The van der Waals surface area contributed by atoms with Crippen molar-refractivity contribution in [1.29, 1.82) is 0 Å². The zero-order valence-electron chi connectivity index (χ0n) is 18.6. The van der Waals surface area contributed by atoms with Crippen LogP contribution in [0.5, 0.6) is 0 Å². The molecule has 9 nitrogen and oxygen atoms in total. The van der Waals surface area contributed by atoms with Crippen LogP contribution in [0.1, 0.15) is 40.7 Å². The van der Waals surface area contributed by atoms with Gasteiger partial charge in [0, 0.05) is 24.9 Å². The smallest absolute Gasteiger partial charge is 0.407 e. The predicted octanol–water partition coefficient (Wildman–Crippen LogP) is 3.25. The second-order valence-corrected chi connectivity index (χ2v) is 8.53. The third-order valence-electron chi connectivity index (χ3n) is 6.32. The summed E-state index contributed by atoms with van der Waals surface area (Å²) in [6.45, 7) is 2.68. The van der Waals surface area contributed by atoms with E-state index in [4.69, 9.17) is 4.74 Å². The summed E-state index contributed by atoms with van der Waals surface area (Å²) in [5.74, 6) is -1.18. The molecule has 1 unspecified atom stereocenters. The van der Waals surface area contributed by atoms with Crippen molar-refractivity contribution in [2.75, 3.05) is 18.1 Å². The van der Waals surface area contributed by atoms with Gasteiger partial charge in [0.2, 0.25) is 5.91 Å². The molecule has 0 saturated heterocycles. The predicted molar refractivity (Wildman–Crippen MR) is 124 cm³/mol. The van der Waals surface area contributed by atoms with Gasteiger partial charge in [0.05, 0.1) is 12.7 Å². The minimum Gasteiger partial charge on any atom is -0.477 e. The first kappa shape index (κ1) is 21.7. The number of carboxylic acids is 1. The van der Waals surface area contributed by atoms with Gasteiger partial charge in [-0.25, -0.2) is 14.3 Å². The molecule has 0 fully saturated rings. The number of nitrogens with one attached hydrogen (secondary N) is 1. The Morgan fingerprint density at radius 3 is 2.38 bits per heavy atom. The molecule has 0 spiro atoms. The second kappa shape index (κ2) is 8.66. The fourth-order valence-electron chi connectivity index (χ4n) is 4.79. The monoisotopic (exact) mass is 460 g/mol. The van der Waals surface area contributed by atoms with Crippen LogP contribution in [-0.2, 0) is 16.1 Å². The van der Waals surface area contributed by atoms with Crippen molar-refractivity contribution in [3.8, 4) is 11.1 Å². The van der Waals surface area contributed by atoms with Crippen LogP contribution >= 0.6 is 0 Å². The van der Waals surface area contributed by atoms with Crippen molar-refractivity contribution < 1.29 is 24.2 Å². The molecular weight excluding hydrogens is 436 g/mol. The molecule has 2 aromatic carbocycles. The van der Waals surface area contributed by atoms with Gasteiger partial charge in [-0.15, -0.1) is 0 Å². The molecule has 1 aromatic heterocycles. The van der Waals surface area contributed by atoms with Gasteiger partial charge in [-0.1, -0.05) is 48.5 Å². The molecule has 2 heterocycles. The zero-order chi connectivity index (χ0) is 23.8. The molecule has 9 heteroatoms. The van der Waals surface area contributed by atoms with Gasteiger partial charge in [0.25, 0.3) is 0 Å². The van der Waals surface area contributed by atoms with Crippen LogP contribution in [0.3, 0.4) is 0 Å².